The Kier molecular flexibility index (Phi) is 3.71. The minimum absolute atomic E-state index is 0.0211. The van der Waals surface area contributed by atoms with E-state index in [0.29, 0.717) is 11.3 Å². The molecule has 0 bridgehead atoms. The van der Waals surface area contributed by atoms with Crippen LogP contribution in [0.1, 0.15) is 17.3 Å². The first kappa shape index (κ1) is 10.8. The van der Waals surface area contributed by atoms with Crippen molar-refractivity contribution in [2.24, 2.45) is 0 Å². The number of carbonyl (C=O) groups excluding carboxylic acids is 2. The summed E-state index contributed by atoms with van der Waals surface area (Å²) in [5, 5.41) is 2.56. The highest BCUT2D eigenvalue weighted by molar-refractivity contribution is 8.13. The number of Topliss-reactive ketones (excluding diaryl/α,β-unsaturated/α-hetero) is 1. The van der Waals surface area contributed by atoms with E-state index in [1.54, 1.807) is 30.5 Å². The summed E-state index contributed by atoms with van der Waals surface area (Å²) in [6, 6.07) is 6.81. The lowest BCUT2D eigenvalue weighted by molar-refractivity contribution is 0.101. The Balaban J connectivity index is 2.73. The second kappa shape index (κ2) is 4.81. The number of ketones is 1. The number of hydrogen-bond acceptors (Lipinski definition) is 3. The first-order chi connectivity index (χ1) is 6.63. The molecule has 1 aromatic rings. The van der Waals surface area contributed by atoms with Crippen molar-refractivity contribution in [1.82, 2.24) is 0 Å². The van der Waals surface area contributed by atoms with Crippen molar-refractivity contribution in [3.8, 4) is 0 Å². The van der Waals surface area contributed by atoms with E-state index >= 15 is 0 Å². The summed E-state index contributed by atoms with van der Waals surface area (Å²) in [7, 11) is 0. The smallest absolute Gasteiger partial charge is 0.283 e. The molecular formula is C10H11NO2S. The van der Waals surface area contributed by atoms with Crippen molar-refractivity contribution >= 4 is 28.5 Å². The molecule has 0 aromatic heterocycles. The van der Waals surface area contributed by atoms with Crippen LogP contribution in [-0.4, -0.2) is 17.3 Å². The van der Waals surface area contributed by atoms with E-state index in [-0.39, 0.29) is 11.0 Å². The molecule has 0 fully saturated rings. The Morgan fingerprint density at radius 1 is 1.21 bits per heavy atom. The molecule has 0 aliphatic rings. The molecule has 1 rings (SSSR count). The van der Waals surface area contributed by atoms with Gasteiger partial charge in [-0.1, -0.05) is 11.8 Å². The molecule has 0 radical (unpaired) electrons. The summed E-state index contributed by atoms with van der Waals surface area (Å²) >= 11 is 1.11. The Bertz CT molecular complexity index is 346. The average Bonchev–Trinajstić information content (AvgIpc) is 2.18. The van der Waals surface area contributed by atoms with Crippen LogP contribution in [0, 0.1) is 0 Å². The van der Waals surface area contributed by atoms with Gasteiger partial charge in [0.25, 0.3) is 5.24 Å². The average molecular weight is 209 g/mol. The molecule has 0 spiro atoms. The number of anilines is 1. The number of rotatable bonds is 2. The summed E-state index contributed by atoms with van der Waals surface area (Å²) in [5.74, 6) is 0.0211. The summed E-state index contributed by atoms with van der Waals surface area (Å²) in [5.41, 5.74) is 1.35. The van der Waals surface area contributed by atoms with Gasteiger partial charge >= 0.3 is 0 Å². The van der Waals surface area contributed by atoms with Crippen molar-refractivity contribution < 1.29 is 9.59 Å². The normalized spacial score (nSPS) is 9.57. The predicted octanol–water partition coefficient (Wildman–Crippen LogP) is 2.78. The van der Waals surface area contributed by atoms with E-state index in [4.69, 9.17) is 0 Å². The summed E-state index contributed by atoms with van der Waals surface area (Å²) in [4.78, 5) is 21.9. The first-order valence-electron chi connectivity index (χ1n) is 4.09. The van der Waals surface area contributed by atoms with E-state index in [2.05, 4.69) is 5.32 Å². The highest BCUT2D eigenvalue weighted by Gasteiger charge is 2.01. The number of amides is 1. The third-order valence-corrected chi connectivity index (χ3v) is 2.20. The maximum Gasteiger partial charge on any atom is 0.283 e. The van der Waals surface area contributed by atoms with Gasteiger partial charge in [-0.15, -0.1) is 0 Å². The molecule has 0 aliphatic carbocycles. The van der Waals surface area contributed by atoms with Gasteiger partial charge in [0.2, 0.25) is 0 Å². The third kappa shape index (κ3) is 2.88. The van der Waals surface area contributed by atoms with Gasteiger partial charge in [-0.05, 0) is 37.4 Å². The monoisotopic (exact) mass is 209 g/mol. The van der Waals surface area contributed by atoms with Crippen LogP contribution in [-0.2, 0) is 0 Å². The highest BCUT2D eigenvalue weighted by atomic mass is 32.2. The molecule has 0 saturated carbocycles. The standard InChI is InChI=1S/C10H11NO2S/c1-7(12)8-3-5-9(6-4-8)11-10(13)14-2/h3-6H,1-2H3,(H,11,13). The second-order valence-corrected chi connectivity index (χ2v) is 3.53. The molecule has 0 saturated heterocycles. The fourth-order valence-corrected chi connectivity index (χ4v) is 1.18. The van der Waals surface area contributed by atoms with Crippen molar-refractivity contribution in [2.45, 2.75) is 6.92 Å². The van der Waals surface area contributed by atoms with Crippen LogP contribution in [0.2, 0.25) is 0 Å². The minimum atomic E-state index is -0.111. The fraction of sp³-hybridized carbons (Fsp3) is 0.200. The van der Waals surface area contributed by atoms with Gasteiger partial charge < -0.3 is 5.32 Å². The van der Waals surface area contributed by atoms with E-state index in [1.807, 2.05) is 0 Å². The SMILES string of the molecule is CSC(=O)Nc1ccc(C(C)=O)cc1. The van der Waals surface area contributed by atoms with Crippen LogP contribution in [0.3, 0.4) is 0 Å². The van der Waals surface area contributed by atoms with E-state index in [9.17, 15) is 9.59 Å². The zero-order valence-corrected chi connectivity index (χ0v) is 8.85. The number of nitrogens with one attached hydrogen (secondary N) is 1. The predicted molar refractivity (Wildman–Crippen MR) is 59.0 cm³/mol. The molecule has 1 aromatic carbocycles. The maximum atomic E-state index is 11.0. The van der Waals surface area contributed by atoms with Gasteiger partial charge in [-0.25, -0.2) is 0 Å². The molecule has 0 aliphatic heterocycles. The minimum Gasteiger partial charge on any atom is -0.317 e. The van der Waals surface area contributed by atoms with Crippen LogP contribution in [0.25, 0.3) is 0 Å². The third-order valence-electron chi connectivity index (χ3n) is 1.72. The molecular weight excluding hydrogens is 198 g/mol. The van der Waals surface area contributed by atoms with E-state index < -0.39 is 0 Å². The molecule has 4 heteroatoms. The molecule has 74 valence electrons. The van der Waals surface area contributed by atoms with Gasteiger partial charge in [-0.3, -0.25) is 9.59 Å². The molecule has 0 unspecified atom stereocenters. The summed E-state index contributed by atoms with van der Waals surface area (Å²) < 4.78 is 0. The lowest BCUT2D eigenvalue weighted by atomic mass is 10.1. The maximum absolute atomic E-state index is 11.0. The van der Waals surface area contributed by atoms with Gasteiger partial charge in [0, 0.05) is 11.3 Å². The second-order valence-electron chi connectivity index (χ2n) is 2.75. The van der Waals surface area contributed by atoms with Gasteiger partial charge in [-0.2, -0.15) is 0 Å². The molecule has 1 N–H and O–H groups in total. The highest BCUT2D eigenvalue weighted by Crippen LogP contribution is 2.11. The Hall–Kier alpha value is -1.29. The van der Waals surface area contributed by atoms with Gasteiger partial charge in [0.15, 0.2) is 5.78 Å². The van der Waals surface area contributed by atoms with Crippen LogP contribution < -0.4 is 5.32 Å². The van der Waals surface area contributed by atoms with Crippen LogP contribution in [0.5, 0.6) is 0 Å². The molecule has 0 atom stereocenters. The Labute approximate surface area is 86.9 Å². The van der Waals surface area contributed by atoms with Crippen molar-refractivity contribution in [3.63, 3.8) is 0 Å². The Morgan fingerprint density at radius 2 is 1.79 bits per heavy atom. The van der Waals surface area contributed by atoms with Crippen molar-refractivity contribution in [3.05, 3.63) is 29.8 Å². The fourth-order valence-electron chi connectivity index (χ4n) is 0.957. The van der Waals surface area contributed by atoms with Gasteiger partial charge in [0.05, 0.1) is 0 Å². The van der Waals surface area contributed by atoms with Crippen LogP contribution >= 0.6 is 11.8 Å². The first-order valence-corrected chi connectivity index (χ1v) is 5.32. The van der Waals surface area contributed by atoms with E-state index in [0.717, 1.165) is 11.8 Å². The largest absolute Gasteiger partial charge is 0.317 e. The summed E-state index contributed by atoms with van der Waals surface area (Å²) in [6.07, 6.45) is 1.71. The number of benzene rings is 1. The molecule has 1 amide bonds. The van der Waals surface area contributed by atoms with Crippen molar-refractivity contribution in [2.75, 3.05) is 11.6 Å². The van der Waals surface area contributed by atoms with Crippen molar-refractivity contribution in [1.29, 1.82) is 0 Å². The molecule has 14 heavy (non-hydrogen) atoms. The zero-order chi connectivity index (χ0) is 10.6. The van der Waals surface area contributed by atoms with Gasteiger partial charge in [0.1, 0.15) is 0 Å². The lowest BCUT2D eigenvalue weighted by Crippen LogP contribution is -2.04. The number of hydrogen-bond donors (Lipinski definition) is 1. The van der Waals surface area contributed by atoms with Crippen LogP contribution in [0.15, 0.2) is 24.3 Å². The molecule has 3 nitrogen and oxygen atoms in total. The quantitative estimate of drug-likeness (QED) is 0.762. The number of carbonyl (C=O) groups is 2. The topological polar surface area (TPSA) is 46.2 Å². The summed E-state index contributed by atoms with van der Waals surface area (Å²) in [6.45, 7) is 1.51. The van der Waals surface area contributed by atoms with Crippen LogP contribution in [0.4, 0.5) is 10.5 Å². The van der Waals surface area contributed by atoms with E-state index in [1.165, 1.54) is 6.92 Å². The lowest BCUT2D eigenvalue weighted by Gasteiger charge is -2.02. The Morgan fingerprint density at radius 3 is 2.21 bits per heavy atom. The molecule has 0 heterocycles. The zero-order valence-electron chi connectivity index (χ0n) is 8.03. The number of thioether (sulfide) groups is 1.